The Morgan fingerprint density at radius 1 is 0.957 bits per heavy atom. The third-order valence-electron chi connectivity index (χ3n) is 3.91. The highest BCUT2D eigenvalue weighted by Gasteiger charge is 2.12. The third-order valence-corrected chi connectivity index (χ3v) is 3.91. The lowest BCUT2D eigenvalue weighted by Crippen LogP contribution is -2.39. The van der Waals surface area contributed by atoms with Crippen LogP contribution in [0.25, 0.3) is 16.8 Å². The first-order valence-corrected chi connectivity index (χ1v) is 7.38. The van der Waals surface area contributed by atoms with Gasteiger partial charge >= 0.3 is 11.4 Å². The van der Waals surface area contributed by atoms with Gasteiger partial charge < -0.3 is 0 Å². The number of nitrogens with one attached hydrogen (secondary N) is 1. The second-order valence-electron chi connectivity index (χ2n) is 5.36. The van der Waals surface area contributed by atoms with Crippen LogP contribution in [0.15, 0.2) is 64.2 Å². The topological polar surface area (TPSA) is 72.2 Å². The maximum Gasteiger partial charge on any atom is 0.339 e. The quantitative estimate of drug-likeness (QED) is 0.624. The van der Waals surface area contributed by atoms with E-state index < -0.39 is 5.69 Å². The predicted octanol–water partition coefficient (Wildman–Crippen LogP) is 1.58. The molecule has 23 heavy (non-hydrogen) atoms. The van der Waals surface area contributed by atoms with E-state index in [9.17, 15) is 9.59 Å². The lowest BCUT2D eigenvalue weighted by atomic mass is 10.1. The van der Waals surface area contributed by atoms with E-state index in [0.29, 0.717) is 24.0 Å². The van der Waals surface area contributed by atoms with Crippen molar-refractivity contribution in [2.24, 2.45) is 0 Å². The van der Waals surface area contributed by atoms with E-state index in [4.69, 9.17) is 0 Å². The number of hydrogen-bond donors (Lipinski definition) is 1. The van der Waals surface area contributed by atoms with Crippen molar-refractivity contribution < 1.29 is 0 Å². The number of nitrogens with zero attached hydrogens (tertiary/aromatic N) is 3. The largest absolute Gasteiger partial charge is 0.339 e. The van der Waals surface area contributed by atoms with Crippen LogP contribution in [0.1, 0.15) is 5.56 Å². The van der Waals surface area contributed by atoms with Crippen LogP contribution < -0.4 is 11.4 Å². The molecular weight excluding hydrogens is 292 g/mol. The van der Waals surface area contributed by atoms with Gasteiger partial charge in [0.05, 0.1) is 11.0 Å². The first-order valence-electron chi connectivity index (χ1n) is 7.38. The highest BCUT2D eigenvalue weighted by atomic mass is 16.2. The second-order valence-corrected chi connectivity index (χ2v) is 5.36. The highest BCUT2D eigenvalue weighted by Crippen LogP contribution is 2.11. The average Bonchev–Trinajstić information content (AvgIpc) is 2.93. The van der Waals surface area contributed by atoms with Gasteiger partial charge in [-0.2, -0.15) is 0 Å². The van der Waals surface area contributed by atoms with Crippen molar-refractivity contribution in [3.63, 3.8) is 0 Å². The number of para-hydroxylation sites is 2. The second kappa shape index (κ2) is 5.24. The van der Waals surface area contributed by atoms with Gasteiger partial charge in [0.2, 0.25) is 5.78 Å². The van der Waals surface area contributed by atoms with Gasteiger partial charge in [0.1, 0.15) is 0 Å². The fourth-order valence-electron chi connectivity index (χ4n) is 2.76. The third kappa shape index (κ3) is 2.24. The summed E-state index contributed by atoms with van der Waals surface area (Å²) in [6.07, 6.45) is 0.613. The zero-order valence-corrected chi connectivity index (χ0v) is 12.3. The Kier molecular flexibility index (Phi) is 3.08. The van der Waals surface area contributed by atoms with Crippen LogP contribution in [0.3, 0.4) is 0 Å². The molecule has 0 fully saturated rings. The molecule has 1 N–H and O–H groups in total. The molecule has 2 aromatic heterocycles. The molecule has 0 spiro atoms. The molecule has 2 aromatic carbocycles. The number of aromatic amines is 1. The van der Waals surface area contributed by atoms with Gasteiger partial charge in [-0.25, -0.2) is 23.5 Å². The first-order chi connectivity index (χ1) is 11.2. The number of aromatic nitrogens is 4. The molecule has 0 amide bonds. The fourth-order valence-corrected chi connectivity index (χ4v) is 2.76. The zero-order valence-electron chi connectivity index (χ0n) is 12.3. The van der Waals surface area contributed by atoms with Gasteiger partial charge in [0, 0.05) is 6.54 Å². The fraction of sp³-hybridized carbons (Fsp3) is 0.118. The van der Waals surface area contributed by atoms with Gasteiger partial charge in [0.15, 0.2) is 0 Å². The number of imidazole rings is 1. The van der Waals surface area contributed by atoms with Gasteiger partial charge in [-0.05, 0) is 24.1 Å². The normalized spacial score (nSPS) is 11.3. The van der Waals surface area contributed by atoms with Crippen LogP contribution in [-0.2, 0) is 13.0 Å². The number of benzene rings is 2. The number of aryl methyl sites for hydroxylation is 1. The molecule has 0 radical (unpaired) electrons. The Bertz CT molecular complexity index is 1110. The summed E-state index contributed by atoms with van der Waals surface area (Å²) in [6.45, 7) is 0.320. The number of rotatable bonds is 3. The minimum Gasteiger partial charge on any atom is -0.277 e. The number of fused-ring (bicyclic) bond motifs is 3. The summed E-state index contributed by atoms with van der Waals surface area (Å²) >= 11 is 0. The summed E-state index contributed by atoms with van der Waals surface area (Å²) in [5.74, 6) is 0.275. The number of hydrogen-bond acceptors (Lipinski definition) is 3. The molecule has 0 atom stereocenters. The first kappa shape index (κ1) is 13.5. The van der Waals surface area contributed by atoms with Crippen LogP contribution in [-0.4, -0.2) is 18.9 Å². The lowest BCUT2D eigenvalue weighted by molar-refractivity contribution is 0.602. The highest BCUT2D eigenvalue weighted by molar-refractivity contribution is 5.78. The van der Waals surface area contributed by atoms with Crippen molar-refractivity contribution in [3.05, 3.63) is 81.1 Å². The molecule has 0 bridgehead atoms. The van der Waals surface area contributed by atoms with Crippen molar-refractivity contribution in [2.45, 2.75) is 13.0 Å². The van der Waals surface area contributed by atoms with Crippen LogP contribution >= 0.6 is 0 Å². The minimum atomic E-state index is -0.436. The van der Waals surface area contributed by atoms with E-state index >= 15 is 0 Å². The Balaban J connectivity index is 1.85. The molecule has 6 nitrogen and oxygen atoms in total. The van der Waals surface area contributed by atoms with Crippen molar-refractivity contribution in [2.75, 3.05) is 0 Å². The van der Waals surface area contributed by atoms with E-state index in [-0.39, 0.29) is 11.5 Å². The summed E-state index contributed by atoms with van der Waals surface area (Å²) in [7, 11) is 0. The Labute approximate surface area is 130 Å². The molecule has 0 aliphatic heterocycles. The van der Waals surface area contributed by atoms with Crippen molar-refractivity contribution in [1.82, 2.24) is 18.9 Å². The van der Waals surface area contributed by atoms with Crippen molar-refractivity contribution >= 4 is 16.8 Å². The molecule has 0 saturated carbocycles. The van der Waals surface area contributed by atoms with Crippen molar-refractivity contribution in [1.29, 1.82) is 0 Å². The minimum absolute atomic E-state index is 0.275. The standard InChI is InChI=1S/C17H14N4O2/c22-16-19-15-18-13-8-4-5-9-14(13)21(15)17(23)20(16)11-10-12-6-2-1-3-7-12/h1-9H,10-11H2,(H,18,19,22). The van der Waals surface area contributed by atoms with Crippen molar-refractivity contribution in [3.8, 4) is 0 Å². The molecule has 0 aliphatic carbocycles. The Morgan fingerprint density at radius 2 is 1.70 bits per heavy atom. The van der Waals surface area contributed by atoms with Crippen LogP contribution in [0.5, 0.6) is 0 Å². The molecule has 0 aliphatic rings. The SMILES string of the molecule is O=c1[nH]c2nc3ccccc3n2c(=O)n1CCc1ccccc1. The van der Waals surface area contributed by atoms with E-state index in [2.05, 4.69) is 9.97 Å². The molecular formula is C17H14N4O2. The summed E-state index contributed by atoms with van der Waals surface area (Å²) < 4.78 is 2.66. The molecule has 114 valence electrons. The predicted molar refractivity (Wildman–Crippen MR) is 87.7 cm³/mol. The average molecular weight is 306 g/mol. The zero-order chi connectivity index (χ0) is 15.8. The molecule has 4 aromatic rings. The Hall–Kier alpha value is -3.15. The van der Waals surface area contributed by atoms with Crippen LogP contribution in [0.4, 0.5) is 0 Å². The van der Waals surface area contributed by atoms with Gasteiger partial charge in [-0.3, -0.25) is 4.98 Å². The summed E-state index contributed by atoms with van der Waals surface area (Å²) in [5, 5.41) is 0. The van der Waals surface area contributed by atoms with Crippen LogP contribution in [0.2, 0.25) is 0 Å². The molecule has 0 unspecified atom stereocenters. The molecule has 4 rings (SSSR count). The smallest absolute Gasteiger partial charge is 0.277 e. The van der Waals surface area contributed by atoms with E-state index in [0.717, 1.165) is 5.56 Å². The molecule has 6 heteroatoms. The monoisotopic (exact) mass is 306 g/mol. The Morgan fingerprint density at radius 3 is 2.52 bits per heavy atom. The van der Waals surface area contributed by atoms with Gasteiger partial charge in [-0.1, -0.05) is 42.5 Å². The maximum absolute atomic E-state index is 12.7. The molecule has 0 saturated heterocycles. The van der Waals surface area contributed by atoms with Crippen LogP contribution in [0, 0.1) is 0 Å². The summed E-state index contributed by atoms with van der Waals surface area (Å²) in [6, 6.07) is 17.1. The van der Waals surface area contributed by atoms with E-state index in [1.807, 2.05) is 54.6 Å². The lowest BCUT2D eigenvalue weighted by Gasteiger charge is -2.05. The molecule has 2 heterocycles. The van der Waals surface area contributed by atoms with E-state index in [1.54, 1.807) is 0 Å². The van der Waals surface area contributed by atoms with Gasteiger partial charge in [0.25, 0.3) is 0 Å². The summed E-state index contributed by atoms with van der Waals surface area (Å²) in [5.41, 5.74) is 1.65. The van der Waals surface area contributed by atoms with E-state index in [1.165, 1.54) is 8.97 Å². The van der Waals surface area contributed by atoms with Gasteiger partial charge in [-0.15, -0.1) is 0 Å². The number of H-pyrrole nitrogens is 1. The summed E-state index contributed by atoms with van der Waals surface area (Å²) in [4.78, 5) is 31.9. The maximum atomic E-state index is 12.7.